The molecule has 3 aromatic rings. The number of rotatable bonds is 4. The van der Waals surface area contributed by atoms with Crippen LogP contribution in [0.25, 0.3) is 10.2 Å². The van der Waals surface area contributed by atoms with Crippen LogP contribution in [0.3, 0.4) is 0 Å². The van der Waals surface area contributed by atoms with Gasteiger partial charge < -0.3 is 5.32 Å². The number of benzene rings is 1. The predicted octanol–water partition coefficient (Wildman–Crippen LogP) is 5.16. The summed E-state index contributed by atoms with van der Waals surface area (Å²) in [6, 6.07) is 6.06. The van der Waals surface area contributed by atoms with Crippen LogP contribution < -0.4 is 5.32 Å². The van der Waals surface area contributed by atoms with Crippen LogP contribution in [0.15, 0.2) is 29.6 Å². The van der Waals surface area contributed by atoms with Crippen molar-refractivity contribution >= 4 is 44.9 Å². The van der Waals surface area contributed by atoms with Gasteiger partial charge in [-0.05, 0) is 56.2 Å². The summed E-state index contributed by atoms with van der Waals surface area (Å²) in [6.45, 7) is 6.38. The monoisotopic (exact) mass is 397 g/mol. The Morgan fingerprint density at radius 3 is 3.00 bits per heavy atom. The van der Waals surface area contributed by atoms with E-state index in [9.17, 15) is 4.79 Å². The van der Waals surface area contributed by atoms with Gasteiger partial charge in [0.1, 0.15) is 16.2 Å². The summed E-state index contributed by atoms with van der Waals surface area (Å²) in [7, 11) is 0. The van der Waals surface area contributed by atoms with Crippen molar-refractivity contribution in [2.24, 2.45) is 5.92 Å². The molecule has 0 aliphatic heterocycles. The fourth-order valence-corrected chi connectivity index (χ4v) is 5.87. The van der Waals surface area contributed by atoms with E-state index in [-0.39, 0.29) is 5.91 Å². The molecule has 2 heterocycles. The van der Waals surface area contributed by atoms with Crippen LogP contribution in [0.1, 0.15) is 34.9 Å². The number of aromatic nitrogens is 2. The zero-order chi connectivity index (χ0) is 19.0. The number of amides is 1. The third-order valence-corrected chi connectivity index (χ3v) is 7.20. The number of hydrogen-bond donors (Lipinski definition) is 1. The summed E-state index contributed by atoms with van der Waals surface area (Å²) in [5, 5.41) is 5.13. The van der Waals surface area contributed by atoms with Crippen molar-refractivity contribution in [1.29, 1.82) is 0 Å². The van der Waals surface area contributed by atoms with Crippen molar-refractivity contribution in [2.75, 3.05) is 11.1 Å². The molecule has 0 fully saturated rings. The van der Waals surface area contributed by atoms with Gasteiger partial charge in [0, 0.05) is 16.0 Å². The summed E-state index contributed by atoms with van der Waals surface area (Å²) in [5.74, 6) is 1.08. The number of carbonyl (C=O) groups excluding carboxylic acids is 1. The van der Waals surface area contributed by atoms with Crippen molar-refractivity contribution in [1.82, 2.24) is 9.97 Å². The molecule has 27 heavy (non-hydrogen) atoms. The molecule has 4 nitrogen and oxygen atoms in total. The molecule has 1 atom stereocenters. The highest BCUT2D eigenvalue weighted by atomic mass is 32.2. The largest absolute Gasteiger partial charge is 0.325 e. The molecule has 0 saturated heterocycles. The molecule has 0 radical (unpaired) electrons. The highest BCUT2D eigenvalue weighted by Crippen LogP contribution is 2.40. The van der Waals surface area contributed by atoms with Crippen molar-refractivity contribution < 1.29 is 4.79 Å². The fourth-order valence-electron chi connectivity index (χ4n) is 3.63. The first-order valence-electron chi connectivity index (χ1n) is 9.26. The lowest BCUT2D eigenvalue weighted by molar-refractivity contribution is -0.113. The van der Waals surface area contributed by atoms with E-state index in [4.69, 9.17) is 0 Å². The Bertz CT molecular complexity index is 1010. The number of fused-ring (bicyclic) bond motifs is 3. The molecule has 1 amide bonds. The Labute approximate surface area is 167 Å². The maximum atomic E-state index is 12.5. The number of thioether (sulfide) groups is 1. The third kappa shape index (κ3) is 3.87. The van der Waals surface area contributed by atoms with E-state index >= 15 is 0 Å². The Kier molecular flexibility index (Phi) is 5.19. The SMILES string of the molecule is Cc1ccc(NC(=O)CSc2ncnc3sc4c(c23)CC[C@@H](C)C4)c(C)c1. The smallest absolute Gasteiger partial charge is 0.234 e. The normalized spacial score (nSPS) is 16.3. The zero-order valence-corrected chi connectivity index (χ0v) is 17.5. The van der Waals surface area contributed by atoms with E-state index < -0.39 is 0 Å². The first-order chi connectivity index (χ1) is 13.0. The van der Waals surface area contributed by atoms with Crippen LogP contribution in [0.5, 0.6) is 0 Å². The van der Waals surface area contributed by atoms with E-state index in [0.717, 1.165) is 39.9 Å². The van der Waals surface area contributed by atoms with Gasteiger partial charge in [0.2, 0.25) is 5.91 Å². The molecule has 6 heteroatoms. The quantitative estimate of drug-likeness (QED) is 0.488. The van der Waals surface area contributed by atoms with Gasteiger partial charge in [0.05, 0.1) is 5.75 Å². The Balaban J connectivity index is 1.51. The maximum Gasteiger partial charge on any atom is 0.234 e. The minimum atomic E-state index is -0.00330. The molecular weight excluding hydrogens is 374 g/mol. The number of hydrogen-bond acceptors (Lipinski definition) is 5. The minimum Gasteiger partial charge on any atom is -0.325 e. The second-order valence-corrected chi connectivity index (χ2v) is 9.41. The van der Waals surface area contributed by atoms with Gasteiger partial charge in [-0.2, -0.15) is 0 Å². The molecule has 1 aliphatic carbocycles. The summed E-state index contributed by atoms with van der Waals surface area (Å²) >= 11 is 3.30. The van der Waals surface area contributed by atoms with Crippen LogP contribution in [0.2, 0.25) is 0 Å². The second kappa shape index (κ2) is 7.60. The molecule has 0 bridgehead atoms. The summed E-state index contributed by atoms with van der Waals surface area (Å²) in [5.41, 5.74) is 4.56. The average Bonchev–Trinajstić information content (AvgIpc) is 3.00. The van der Waals surface area contributed by atoms with Gasteiger partial charge in [0.15, 0.2) is 0 Å². The van der Waals surface area contributed by atoms with Crippen molar-refractivity contribution in [3.8, 4) is 0 Å². The molecule has 1 aromatic carbocycles. The number of carbonyl (C=O) groups is 1. The zero-order valence-electron chi connectivity index (χ0n) is 15.8. The fraction of sp³-hybridized carbons (Fsp3) is 0.381. The lowest BCUT2D eigenvalue weighted by Gasteiger charge is -2.18. The van der Waals surface area contributed by atoms with Crippen LogP contribution >= 0.6 is 23.1 Å². The topological polar surface area (TPSA) is 54.9 Å². The summed E-state index contributed by atoms with van der Waals surface area (Å²) in [6.07, 6.45) is 5.06. The first-order valence-corrected chi connectivity index (χ1v) is 11.1. The molecule has 2 aromatic heterocycles. The minimum absolute atomic E-state index is 0.00330. The van der Waals surface area contributed by atoms with Crippen molar-refractivity contribution in [2.45, 2.75) is 45.1 Å². The average molecular weight is 398 g/mol. The molecule has 1 aliphatic rings. The third-order valence-electron chi connectivity index (χ3n) is 5.05. The predicted molar refractivity (Wildman–Crippen MR) is 114 cm³/mol. The second-order valence-electron chi connectivity index (χ2n) is 7.37. The number of anilines is 1. The van der Waals surface area contributed by atoms with Gasteiger partial charge in [0.25, 0.3) is 0 Å². The standard InChI is InChI=1S/C21H23N3OS2/c1-12-5-7-16(14(3)8-12)24-18(25)10-26-20-19-15-6-4-13(2)9-17(15)27-21(19)23-11-22-20/h5,7-8,11,13H,4,6,9-10H2,1-3H3,(H,24,25)/t13-/m1/s1. The van der Waals surface area contributed by atoms with Crippen LogP contribution in [0, 0.1) is 19.8 Å². The molecular formula is C21H23N3OS2. The van der Waals surface area contributed by atoms with Crippen molar-refractivity contribution in [3.63, 3.8) is 0 Å². The molecule has 140 valence electrons. The Hall–Kier alpha value is -1.92. The number of aryl methyl sites for hydroxylation is 3. The Morgan fingerprint density at radius 2 is 2.19 bits per heavy atom. The van der Waals surface area contributed by atoms with Crippen molar-refractivity contribution in [3.05, 3.63) is 46.1 Å². The summed E-state index contributed by atoms with van der Waals surface area (Å²) in [4.78, 5) is 23.9. The van der Waals surface area contributed by atoms with Gasteiger partial charge in [-0.1, -0.05) is 36.4 Å². The van der Waals surface area contributed by atoms with Crippen LogP contribution in [0.4, 0.5) is 5.69 Å². The van der Waals surface area contributed by atoms with Gasteiger partial charge >= 0.3 is 0 Å². The highest BCUT2D eigenvalue weighted by Gasteiger charge is 2.23. The lowest BCUT2D eigenvalue weighted by Crippen LogP contribution is -2.15. The lowest BCUT2D eigenvalue weighted by atomic mass is 9.89. The summed E-state index contributed by atoms with van der Waals surface area (Å²) < 4.78 is 0. The van der Waals surface area contributed by atoms with E-state index in [1.807, 2.05) is 19.1 Å². The first kappa shape index (κ1) is 18.4. The molecule has 0 unspecified atom stereocenters. The van der Waals surface area contributed by atoms with E-state index in [0.29, 0.717) is 5.75 Å². The molecule has 4 rings (SSSR count). The van der Waals surface area contributed by atoms with Gasteiger partial charge in [-0.25, -0.2) is 9.97 Å². The van der Waals surface area contributed by atoms with Crippen LogP contribution in [-0.4, -0.2) is 21.6 Å². The highest BCUT2D eigenvalue weighted by molar-refractivity contribution is 8.00. The van der Waals surface area contributed by atoms with Gasteiger partial charge in [-0.15, -0.1) is 11.3 Å². The molecule has 1 N–H and O–H groups in total. The van der Waals surface area contributed by atoms with E-state index in [2.05, 4.69) is 35.2 Å². The molecule has 0 spiro atoms. The van der Waals surface area contributed by atoms with Crippen LogP contribution in [-0.2, 0) is 17.6 Å². The number of nitrogens with one attached hydrogen (secondary N) is 1. The van der Waals surface area contributed by atoms with E-state index in [1.165, 1.54) is 39.6 Å². The number of thiophene rings is 1. The van der Waals surface area contributed by atoms with Gasteiger partial charge in [-0.3, -0.25) is 4.79 Å². The number of nitrogens with zero attached hydrogens (tertiary/aromatic N) is 2. The van der Waals surface area contributed by atoms with E-state index in [1.54, 1.807) is 17.7 Å². The molecule has 0 saturated carbocycles. The maximum absolute atomic E-state index is 12.5. The Morgan fingerprint density at radius 1 is 1.33 bits per heavy atom.